The number of carbonyl (C=O) groups excluding carboxylic acids is 1. The Bertz CT molecular complexity index is 365. The second-order valence-corrected chi connectivity index (χ2v) is 3.43. The van der Waals surface area contributed by atoms with Gasteiger partial charge in [0.25, 0.3) is 0 Å². The van der Waals surface area contributed by atoms with Gasteiger partial charge in [-0.15, -0.1) is 0 Å². The van der Waals surface area contributed by atoms with E-state index in [0.29, 0.717) is 5.82 Å². The number of anilines is 1. The molecular formula is C11H14N2O. The first kappa shape index (κ1) is 10.4. The summed E-state index contributed by atoms with van der Waals surface area (Å²) in [7, 11) is 0. The molecule has 0 saturated heterocycles. The van der Waals surface area contributed by atoms with Crippen molar-refractivity contribution in [2.24, 2.45) is 0 Å². The topological polar surface area (TPSA) is 42.0 Å². The third kappa shape index (κ3) is 3.39. The molecule has 1 aromatic heterocycles. The van der Waals surface area contributed by atoms with E-state index in [9.17, 15) is 4.79 Å². The lowest BCUT2D eigenvalue weighted by atomic mass is 10.3. The highest BCUT2D eigenvalue weighted by molar-refractivity contribution is 5.99. The zero-order valence-electron chi connectivity index (χ0n) is 8.66. The smallest absolute Gasteiger partial charge is 0.249 e. The zero-order valence-corrected chi connectivity index (χ0v) is 8.66. The molecule has 1 aromatic rings. The molecule has 3 heteroatoms. The molecule has 0 bridgehead atoms. The maximum atomic E-state index is 11.3. The van der Waals surface area contributed by atoms with E-state index in [2.05, 4.69) is 10.3 Å². The lowest BCUT2D eigenvalue weighted by Crippen LogP contribution is -2.09. The van der Waals surface area contributed by atoms with Crippen LogP contribution in [0.4, 0.5) is 5.82 Å². The third-order valence-corrected chi connectivity index (χ3v) is 1.59. The minimum Gasteiger partial charge on any atom is -0.307 e. The number of amides is 1. The predicted octanol–water partition coefficient (Wildman–Crippen LogP) is 2.29. The van der Waals surface area contributed by atoms with Crippen LogP contribution in [0.2, 0.25) is 0 Å². The van der Waals surface area contributed by atoms with Crippen LogP contribution >= 0.6 is 0 Å². The highest BCUT2D eigenvalue weighted by Crippen LogP contribution is 2.05. The number of pyridine rings is 1. The summed E-state index contributed by atoms with van der Waals surface area (Å²) in [6.45, 7) is 5.71. The number of carbonyl (C=O) groups is 1. The van der Waals surface area contributed by atoms with E-state index in [4.69, 9.17) is 0 Å². The zero-order chi connectivity index (χ0) is 10.6. The molecule has 1 amide bonds. The molecule has 0 fully saturated rings. The molecule has 0 atom stereocenters. The van der Waals surface area contributed by atoms with Crippen LogP contribution in [0.1, 0.15) is 19.4 Å². The largest absolute Gasteiger partial charge is 0.307 e. The second kappa shape index (κ2) is 4.56. The van der Waals surface area contributed by atoms with Gasteiger partial charge in [-0.05, 0) is 38.5 Å². The molecular weight excluding hydrogens is 176 g/mol. The number of allylic oxidation sites excluding steroid dienone is 1. The average Bonchev–Trinajstić information content (AvgIpc) is 2.01. The van der Waals surface area contributed by atoms with E-state index in [-0.39, 0.29) is 5.91 Å². The van der Waals surface area contributed by atoms with Gasteiger partial charge in [-0.1, -0.05) is 5.57 Å². The highest BCUT2D eigenvalue weighted by Gasteiger charge is 1.98. The van der Waals surface area contributed by atoms with Gasteiger partial charge in [-0.25, -0.2) is 4.98 Å². The van der Waals surface area contributed by atoms with Crippen molar-refractivity contribution in [3.8, 4) is 0 Å². The molecule has 0 saturated carbocycles. The SMILES string of the molecule is CC(C)=CC(=O)Nc1cc(C)ccn1. The van der Waals surface area contributed by atoms with Gasteiger partial charge in [0.2, 0.25) is 5.91 Å². The quantitative estimate of drug-likeness (QED) is 0.727. The minimum atomic E-state index is -0.136. The number of hydrogen-bond donors (Lipinski definition) is 1. The van der Waals surface area contributed by atoms with Crippen molar-refractivity contribution < 1.29 is 4.79 Å². The molecule has 0 unspecified atom stereocenters. The van der Waals surface area contributed by atoms with E-state index < -0.39 is 0 Å². The van der Waals surface area contributed by atoms with Crippen molar-refractivity contribution in [1.29, 1.82) is 0 Å². The Balaban J connectivity index is 2.70. The lowest BCUT2D eigenvalue weighted by Gasteiger charge is -2.01. The molecule has 0 aromatic carbocycles. The second-order valence-electron chi connectivity index (χ2n) is 3.43. The molecule has 74 valence electrons. The van der Waals surface area contributed by atoms with Crippen molar-refractivity contribution in [3.05, 3.63) is 35.5 Å². The van der Waals surface area contributed by atoms with Crippen LogP contribution in [0.15, 0.2) is 30.0 Å². The average molecular weight is 190 g/mol. The molecule has 3 nitrogen and oxygen atoms in total. The summed E-state index contributed by atoms with van der Waals surface area (Å²) in [5.74, 6) is 0.454. The summed E-state index contributed by atoms with van der Waals surface area (Å²) in [6, 6.07) is 3.72. The molecule has 0 aliphatic carbocycles. The molecule has 0 aliphatic heterocycles. The van der Waals surface area contributed by atoms with E-state index in [0.717, 1.165) is 11.1 Å². The van der Waals surface area contributed by atoms with Crippen molar-refractivity contribution in [3.63, 3.8) is 0 Å². The summed E-state index contributed by atoms with van der Waals surface area (Å²) in [4.78, 5) is 15.3. The van der Waals surface area contributed by atoms with Gasteiger partial charge in [0.05, 0.1) is 0 Å². The lowest BCUT2D eigenvalue weighted by molar-refractivity contribution is -0.112. The van der Waals surface area contributed by atoms with E-state index in [1.54, 1.807) is 12.3 Å². The van der Waals surface area contributed by atoms with Crippen molar-refractivity contribution in [2.75, 3.05) is 5.32 Å². The monoisotopic (exact) mass is 190 g/mol. The van der Waals surface area contributed by atoms with Crippen LogP contribution in [-0.4, -0.2) is 10.9 Å². The molecule has 0 spiro atoms. The number of rotatable bonds is 2. The fourth-order valence-corrected chi connectivity index (χ4v) is 1.03. The molecule has 0 radical (unpaired) electrons. The fraction of sp³-hybridized carbons (Fsp3) is 0.273. The number of aromatic nitrogens is 1. The normalized spacial score (nSPS) is 9.36. The van der Waals surface area contributed by atoms with Gasteiger partial charge in [0, 0.05) is 12.3 Å². The highest BCUT2D eigenvalue weighted by atomic mass is 16.1. The Kier molecular flexibility index (Phi) is 3.40. The van der Waals surface area contributed by atoms with Gasteiger partial charge in [-0.3, -0.25) is 4.79 Å². The molecule has 1 rings (SSSR count). The number of aryl methyl sites for hydroxylation is 1. The Hall–Kier alpha value is -1.64. The first-order valence-electron chi connectivity index (χ1n) is 4.46. The Morgan fingerprint density at radius 2 is 2.21 bits per heavy atom. The van der Waals surface area contributed by atoms with E-state index >= 15 is 0 Å². The fourth-order valence-electron chi connectivity index (χ4n) is 1.03. The summed E-state index contributed by atoms with van der Waals surface area (Å²) in [6.07, 6.45) is 3.22. The Morgan fingerprint density at radius 3 is 2.79 bits per heavy atom. The van der Waals surface area contributed by atoms with E-state index in [1.165, 1.54) is 0 Å². The van der Waals surface area contributed by atoms with Crippen LogP contribution in [0.5, 0.6) is 0 Å². The summed E-state index contributed by atoms with van der Waals surface area (Å²) < 4.78 is 0. The van der Waals surface area contributed by atoms with Crippen molar-refractivity contribution in [1.82, 2.24) is 4.98 Å². The Labute approximate surface area is 83.9 Å². The Morgan fingerprint density at radius 1 is 1.50 bits per heavy atom. The van der Waals surface area contributed by atoms with Gasteiger partial charge in [-0.2, -0.15) is 0 Å². The maximum absolute atomic E-state index is 11.3. The summed E-state index contributed by atoms with van der Waals surface area (Å²) in [5, 5.41) is 2.69. The number of nitrogens with one attached hydrogen (secondary N) is 1. The van der Waals surface area contributed by atoms with E-state index in [1.807, 2.05) is 32.9 Å². The summed E-state index contributed by atoms with van der Waals surface area (Å²) >= 11 is 0. The number of nitrogens with zero attached hydrogens (tertiary/aromatic N) is 1. The molecule has 1 heterocycles. The first-order chi connectivity index (χ1) is 6.58. The van der Waals surface area contributed by atoms with Gasteiger partial charge >= 0.3 is 0 Å². The maximum Gasteiger partial charge on any atom is 0.249 e. The molecule has 0 aliphatic rings. The standard InChI is InChI=1S/C11H14N2O/c1-8(2)6-11(14)13-10-7-9(3)4-5-12-10/h4-7H,1-3H3,(H,12,13,14). The van der Waals surface area contributed by atoms with Crippen molar-refractivity contribution in [2.45, 2.75) is 20.8 Å². The third-order valence-electron chi connectivity index (χ3n) is 1.59. The van der Waals surface area contributed by atoms with Crippen LogP contribution in [0, 0.1) is 6.92 Å². The van der Waals surface area contributed by atoms with Crippen LogP contribution < -0.4 is 5.32 Å². The molecule has 1 N–H and O–H groups in total. The summed E-state index contributed by atoms with van der Waals surface area (Å²) in [5.41, 5.74) is 2.04. The van der Waals surface area contributed by atoms with Crippen LogP contribution in [0.3, 0.4) is 0 Å². The minimum absolute atomic E-state index is 0.136. The van der Waals surface area contributed by atoms with Gasteiger partial charge in [0.15, 0.2) is 0 Å². The first-order valence-corrected chi connectivity index (χ1v) is 4.46. The number of hydrogen-bond acceptors (Lipinski definition) is 2. The van der Waals surface area contributed by atoms with Crippen LogP contribution in [-0.2, 0) is 4.79 Å². The predicted molar refractivity (Wildman–Crippen MR) is 57.0 cm³/mol. The van der Waals surface area contributed by atoms with Crippen LogP contribution in [0.25, 0.3) is 0 Å². The van der Waals surface area contributed by atoms with Gasteiger partial charge in [0.1, 0.15) is 5.82 Å². The molecule has 14 heavy (non-hydrogen) atoms. The van der Waals surface area contributed by atoms with Gasteiger partial charge < -0.3 is 5.32 Å². The van der Waals surface area contributed by atoms with Crippen molar-refractivity contribution >= 4 is 11.7 Å².